The van der Waals surface area contributed by atoms with E-state index in [1.807, 2.05) is 62.4 Å². The maximum Gasteiger partial charge on any atom is 0.251 e. The number of para-hydroxylation sites is 1. The van der Waals surface area contributed by atoms with Crippen molar-refractivity contribution in [2.24, 2.45) is 0 Å². The molecule has 3 rings (SSSR count). The summed E-state index contributed by atoms with van der Waals surface area (Å²) < 4.78 is 0. The molecule has 136 valence electrons. The molecular formula is C22H22N4O. The fourth-order valence-corrected chi connectivity index (χ4v) is 2.81. The van der Waals surface area contributed by atoms with E-state index in [4.69, 9.17) is 0 Å². The van der Waals surface area contributed by atoms with Crippen LogP contribution in [0, 0.1) is 11.3 Å². The summed E-state index contributed by atoms with van der Waals surface area (Å²) in [6, 6.07) is 19.3. The molecule has 3 aromatic rings. The van der Waals surface area contributed by atoms with Crippen LogP contribution in [-0.2, 0) is 6.54 Å². The molecule has 1 unspecified atom stereocenters. The number of carbonyl (C=O) groups excluding carboxylic acids is 1. The minimum Gasteiger partial charge on any atom is -0.380 e. The highest BCUT2D eigenvalue weighted by Crippen LogP contribution is 2.23. The molecule has 0 fully saturated rings. The van der Waals surface area contributed by atoms with Crippen LogP contribution in [0.1, 0.15) is 41.9 Å². The maximum absolute atomic E-state index is 12.3. The van der Waals surface area contributed by atoms with Crippen molar-refractivity contribution in [1.29, 1.82) is 5.26 Å². The normalized spacial score (nSPS) is 11.6. The zero-order valence-electron chi connectivity index (χ0n) is 15.5. The predicted molar refractivity (Wildman–Crippen MR) is 107 cm³/mol. The third-order valence-corrected chi connectivity index (χ3v) is 4.49. The number of pyridine rings is 1. The lowest BCUT2D eigenvalue weighted by molar-refractivity contribution is 0.0939. The van der Waals surface area contributed by atoms with Crippen LogP contribution in [0.25, 0.3) is 10.9 Å². The molecule has 27 heavy (non-hydrogen) atoms. The summed E-state index contributed by atoms with van der Waals surface area (Å²) in [5, 5.41) is 16.5. The predicted octanol–water partition coefficient (Wildman–Crippen LogP) is 4.25. The fourth-order valence-electron chi connectivity index (χ4n) is 2.81. The summed E-state index contributed by atoms with van der Waals surface area (Å²) in [5.74, 6) is -0.0627. The highest BCUT2D eigenvalue weighted by atomic mass is 16.1. The molecule has 0 saturated heterocycles. The summed E-state index contributed by atoms with van der Waals surface area (Å²) >= 11 is 0. The van der Waals surface area contributed by atoms with Crippen molar-refractivity contribution in [3.05, 3.63) is 71.4 Å². The van der Waals surface area contributed by atoms with E-state index in [9.17, 15) is 10.1 Å². The Morgan fingerprint density at radius 2 is 2.00 bits per heavy atom. The highest BCUT2D eigenvalue weighted by Gasteiger charge is 2.10. The highest BCUT2D eigenvalue weighted by molar-refractivity contribution is 5.94. The van der Waals surface area contributed by atoms with Gasteiger partial charge >= 0.3 is 0 Å². The molecule has 1 heterocycles. The molecule has 5 nitrogen and oxygen atoms in total. The number of nitrogens with zero attached hydrogens (tertiary/aromatic N) is 2. The quantitative estimate of drug-likeness (QED) is 0.691. The van der Waals surface area contributed by atoms with Crippen LogP contribution in [0.2, 0.25) is 0 Å². The molecule has 5 heteroatoms. The van der Waals surface area contributed by atoms with Crippen LogP contribution in [0.5, 0.6) is 0 Å². The Kier molecular flexibility index (Phi) is 5.68. The number of carbonyl (C=O) groups is 1. The van der Waals surface area contributed by atoms with Crippen LogP contribution in [0.15, 0.2) is 54.6 Å². The first-order valence-electron chi connectivity index (χ1n) is 9.04. The Balaban J connectivity index is 1.80. The second-order valence-electron chi connectivity index (χ2n) is 6.52. The van der Waals surface area contributed by atoms with Gasteiger partial charge in [0.15, 0.2) is 0 Å². The number of amides is 1. The van der Waals surface area contributed by atoms with Crippen molar-refractivity contribution in [3.63, 3.8) is 0 Å². The van der Waals surface area contributed by atoms with Crippen LogP contribution < -0.4 is 10.6 Å². The van der Waals surface area contributed by atoms with Gasteiger partial charge < -0.3 is 10.6 Å². The summed E-state index contributed by atoms with van der Waals surface area (Å²) in [5.41, 5.74) is 3.64. The van der Waals surface area contributed by atoms with E-state index in [0.29, 0.717) is 17.8 Å². The van der Waals surface area contributed by atoms with Gasteiger partial charge in [0.1, 0.15) is 11.8 Å². The molecule has 0 radical (unpaired) electrons. The molecule has 0 aliphatic rings. The van der Waals surface area contributed by atoms with E-state index in [-0.39, 0.29) is 11.9 Å². The van der Waals surface area contributed by atoms with Gasteiger partial charge in [0.2, 0.25) is 0 Å². The summed E-state index contributed by atoms with van der Waals surface area (Å²) in [6.07, 6.45) is 0.892. The van der Waals surface area contributed by atoms with Crippen LogP contribution >= 0.6 is 0 Å². The molecular weight excluding hydrogens is 336 g/mol. The van der Waals surface area contributed by atoms with E-state index in [1.54, 1.807) is 6.07 Å². The lowest BCUT2D eigenvalue weighted by Gasteiger charge is -2.13. The second-order valence-corrected chi connectivity index (χ2v) is 6.52. The van der Waals surface area contributed by atoms with Crippen LogP contribution in [0.4, 0.5) is 5.69 Å². The van der Waals surface area contributed by atoms with Crippen molar-refractivity contribution in [3.8, 4) is 6.07 Å². The fraction of sp³-hybridized carbons (Fsp3) is 0.227. The smallest absolute Gasteiger partial charge is 0.251 e. The molecule has 0 aliphatic heterocycles. The molecule has 0 spiro atoms. The average Bonchev–Trinajstić information content (AvgIpc) is 2.71. The number of benzene rings is 2. The lowest BCUT2D eigenvalue weighted by atomic mass is 10.1. The van der Waals surface area contributed by atoms with Gasteiger partial charge in [0, 0.05) is 29.2 Å². The van der Waals surface area contributed by atoms with Crippen molar-refractivity contribution in [2.45, 2.75) is 32.9 Å². The number of nitrogens with one attached hydrogen (secondary N) is 2. The molecule has 0 bridgehead atoms. The largest absolute Gasteiger partial charge is 0.380 e. The Labute approximate surface area is 159 Å². The van der Waals surface area contributed by atoms with E-state index < -0.39 is 0 Å². The van der Waals surface area contributed by atoms with E-state index in [2.05, 4.69) is 21.7 Å². The first-order valence-corrected chi connectivity index (χ1v) is 9.04. The second kappa shape index (κ2) is 8.33. The molecule has 1 atom stereocenters. The molecule has 1 aromatic heterocycles. The standard InChI is InChI=1S/C22H22N4O/c1-3-15(2)25-22(27)17-8-6-7-16(11-17)14-24-21-12-18(13-23)26-20-10-5-4-9-19(20)21/h4-12,15H,3,14H2,1-2H3,(H,24,26)(H,25,27). The topological polar surface area (TPSA) is 77.8 Å². The number of nitriles is 1. The van der Waals surface area contributed by atoms with Gasteiger partial charge in [-0.25, -0.2) is 4.98 Å². The summed E-state index contributed by atoms with van der Waals surface area (Å²) in [4.78, 5) is 16.7. The number of fused-ring (bicyclic) bond motifs is 1. The lowest BCUT2D eigenvalue weighted by Crippen LogP contribution is -2.31. The Bertz CT molecular complexity index is 1010. The van der Waals surface area contributed by atoms with Gasteiger partial charge in [-0.05, 0) is 43.2 Å². The van der Waals surface area contributed by atoms with Crippen molar-refractivity contribution in [2.75, 3.05) is 5.32 Å². The molecule has 2 N–H and O–H groups in total. The Hall–Kier alpha value is -3.39. The van der Waals surface area contributed by atoms with Crippen molar-refractivity contribution >= 4 is 22.5 Å². The first-order chi connectivity index (χ1) is 13.1. The number of hydrogen-bond acceptors (Lipinski definition) is 4. The van der Waals surface area contributed by atoms with Crippen LogP contribution in [0.3, 0.4) is 0 Å². The van der Waals surface area contributed by atoms with Crippen LogP contribution in [-0.4, -0.2) is 16.9 Å². The number of aromatic nitrogens is 1. The summed E-state index contributed by atoms with van der Waals surface area (Å²) in [6.45, 7) is 4.58. The third kappa shape index (κ3) is 4.42. The molecule has 2 aromatic carbocycles. The van der Waals surface area contributed by atoms with E-state index >= 15 is 0 Å². The van der Waals surface area contributed by atoms with E-state index in [0.717, 1.165) is 28.6 Å². The monoisotopic (exact) mass is 358 g/mol. The molecule has 0 saturated carbocycles. The minimum absolute atomic E-state index is 0.0627. The zero-order chi connectivity index (χ0) is 19.2. The van der Waals surface area contributed by atoms with Gasteiger partial charge in [-0.15, -0.1) is 0 Å². The third-order valence-electron chi connectivity index (χ3n) is 4.49. The molecule has 0 aliphatic carbocycles. The van der Waals surface area contributed by atoms with Gasteiger partial charge in [-0.3, -0.25) is 4.79 Å². The number of anilines is 1. The van der Waals surface area contributed by atoms with Crippen molar-refractivity contribution < 1.29 is 4.79 Å². The number of rotatable bonds is 6. The van der Waals surface area contributed by atoms with Gasteiger partial charge in [0.05, 0.1) is 5.52 Å². The van der Waals surface area contributed by atoms with Gasteiger partial charge in [-0.1, -0.05) is 37.3 Å². The average molecular weight is 358 g/mol. The first kappa shape index (κ1) is 18.4. The number of hydrogen-bond donors (Lipinski definition) is 2. The van der Waals surface area contributed by atoms with Gasteiger partial charge in [0.25, 0.3) is 5.91 Å². The Morgan fingerprint density at radius 3 is 2.78 bits per heavy atom. The van der Waals surface area contributed by atoms with Gasteiger partial charge in [-0.2, -0.15) is 5.26 Å². The maximum atomic E-state index is 12.3. The Morgan fingerprint density at radius 1 is 1.19 bits per heavy atom. The summed E-state index contributed by atoms with van der Waals surface area (Å²) in [7, 11) is 0. The zero-order valence-corrected chi connectivity index (χ0v) is 15.5. The van der Waals surface area contributed by atoms with E-state index in [1.165, 1.54) is 0 Å². The molecule has 1 amide bonds. The minimum atomic E-state index is -0.0627. The SMILES string of the molecule is CCC(C)NC(=O)c1cccc(CNc2cc(C#N)nc3ccccc23)c1. The van der Waals surface area contributed by atoms with Crippen molar-refractivity contribution in [1.82, 2.24) is 10.3 Å².